The van der Waals surface area contributed by atoms with Gasteiger partial charge in [0, 0.05) is 26.2 Å². The van der Waals surface area contributed by atoms with E-state index in [9.17, 15) is 0 Å². The summed E-state index contributed by atoms with van der Waals surface area (Å²) in [4.78, 5) is 17.1. The van der Waals surface area contributed by atoms with Crippen LogP contribution in [0.15, 0.2) is 12.7 Å². The monoisotopic (exact) mass is 263 g/mol. The van der Waals surface area contributed by atoms with Crippen LogP contribution in [0.4, 0.5) is 5.95 Å². The van der Waals surface area contributed by atoms with Crippen LogP contribution in [0.25, 0.3) is 0 Å². The van der Waals surface area contributed by atoms with Crippen LogP contribution in [-0.4, -0.2) is 65.3 Å². The molecule has 1 aromatic rings. The molecule has 0 N–H and O–H groups in total. The zero-order chi connectivity index (χ0) is 12.9. The molecule has 6 nitrogen and oxygen atoms in total. The van der Waals surface area contributed by atoms with E-state index >= 15 is 0 Å². The number of rotatable bonds is 3. The first-order valence-corrected chi connectivity index (χ1v) is 7.13. The minimum Gasteiger partial charge on any atom is -0.375 e. The van der Waals surface area contributed by atoms with Crippen molar-refractivity contribution >= 4 is 5.95 Å². The molecule has 0 bridgehead atoms. The lowest BCUT2D eigenvalue weighted by atomic mass is 10.3. The molecular formula is C13H21N5O. The maximum absolute atomic E-state index is 5.96. The highest BCUT2D eigenvalue weighted by Crippen LogP contribution is 2.15. The molecule has 2 aliphatic rings. The summed E-state index contributed by atoms with van der Waals surface area (Å²) in [6.07, 6.45) is 7.06. The van der Waals surface area contributed by atoms with Crippen LogP contribution in [0, 0.1) is 0 Å². The molecular weight excluding hydrogens is 242 g/mol. The van der Waals surface area contributed by atoms with E-state index < -0.39 is 0 Å². The molecule has 2 saturated heterocycles. The number of anilines is 1. The standard InChI is InChI=1S/C13H21N5O/c1-2-5-17(4-1)8-12-9-18(6-3-7-19-12)13-15-10-14-11-16-13/h10-12H,1-9H2. The van der Waals surface area contributed by atoms with Gasteiger partial charge < -0.3 is 14.5 Å². The van der Waals surface area contributed by atoms with E-state index in [4.69, 9.17) is 4.74 Å². The van der Waals surface area contributed by atoms with Crippen LogP contribution >= 0.6 is 0 Å². The molecule has 1 atom stereocenters. The molecule has 2 fully saturated rings. The number of likely N-dealkylation sites (tertiary alicyclic amines) is 1. The van der Waals surface area contributed by atoms with Gasteiger partial charge in [-0.05, 0) is 32.4 Å². The first-order valence-electron chi connectivity index (χ1n) is 7.13. The van der Waals surface area contributed by atoms with Gasteiger partial charge in [-0.15, -0.1) is 0 Å². The maximum atomic E-state index is 5.96. The fourth-order valence-electron chi connectivity index (χ4n) is 2.84. The quantitative estimate of drug-likeness (QED) is 0.794. The maximum Gasteiger partial charge on any atom is 0.228 e. The number of aromatic nitrogens is 3. The minimum absolute atomic E-state index is 0.261. The van der Waals surface area contributed by atoms with Gasteiger partial charge >= 0.3 is 0 Å². The zero-order valence-corrected chi connectivity index (χ0v) is 11.2. The van der Waals surface area contributed by atoms with E-state index in [-0.39, 0.29) is 6.10 Å². The highest BCUT2D eigenvalue weighted by atomic mass is 16.5. The van der Waals surface area contributed by atoms with Gasteiger partial charge in [0.15, 0.2) is 0 Å². The molecule has 2 aliphatic heterocycles. The highest BCUT2D eigenvalue weighted by Gasteiger charge is 2.23. The lowest BCUT2D eigenvalue weighted by Gasteiger charge is -2.26. The van der Waals surface area contributed by atoms with E-state index in [2.05, 4.69) is 24.8 Å². The van der Waals surface area contributed by atoms with Crippen LogP contribution < -0.4 is 4.90 Å². The number of hydrogen-bond donors (Lipinski definition) is 0. The Labute approximate surface area is 113 Å². The Bertz CT molecular complexity index is 382. The van der Waals surface area contributed by atoms with Crippen LogP contribution in [0.2, 0.25) is 0 Å². The van der Waals surface area contributed by atoms with E-state index in [0.29, 0.717) is 0 Å². The minimum atomic E-state index is 0.261. The second-order valence-corrected chi connectivity index (χ2v) is 5.24. The molecule has 1 unspecified atom stereocenters. The Hall–Kier alpha value is -1.27. The molecule has 0 aliphatic carbocycles. The van der Waals surface area contributed by atoms with Gasteiger partial charge in [0.25, 0.3) is 0 Å². The summed E-state index contributed by atoms with van der Waals surface area (Å²) < 4.78 is 5.96. The predicted molar refractivity (Wildman–Crippen MR) is 72.1 cm³/mol. The number of nitrogens with zero attached hydrogens (tertiary/aromatic N) is 5. The molecule has 0 spiro atoms. The molecule has 1 aromatic heterocycles. The smallest absolute Gasteiger partial charge is 0.228 e. The van der Waals surface area contributed by atoms with E-state index in [1.165, 1.54) is 25.9 Å². The third kappa shape index (κ3) is 3.39. The molecule has 19 heavy (non-hydrogen) atoms. The summed E-state index contributed by atoms with van der Waals surface area (Å²) in [6, 6.07) is 0. The molecule has 3 rings (SSSR count). The Morgan fingerprint density at radius 1 is 1.11 bits per heavy atom. The van der Waals surface area contributed by atoms with Crippen molar-refractivity contribution in [2.75, 3.05) is 44.2 Å². The third-order valence-corrected chi connectivity index (χ3v) is 3.77. The average Bonchev–Trinajstić information content (AvgIpc) is 2.84. The summed E-state index contributed by atoms with van der Waals surface area (Å²) >= 11 is 0. The van der Waals surface area contributed by atoms with Crippen molar-refractivity contribution in [1.29, 1.82) is 0 Å². The fraction of sp³-hybridized carbons (Fsp3) is 0.769. The normalized spacial score (nSPS) is 25.5. The lowest BCUT2D eigenvalue weighted by molar-refractivity contribution is 0.0450. The molecule has 0 saturated carbocycles. The number of ether oxygens (including phenoxy) is 1. The van der Waals surface area contributed by atoms with E-state index in [0.717, 1.165) is 38.6 Å². The number of hydrogen-bond acceptors (Lipinski definition) is 6. The van der Waals surface area contributed by atoms with Gasteiger partial charge in [0.05, 0.1) is 6.10 Å². The van der Waals surface area contributed by atoms with Crippen molar-refractivity contribution in [3.8, 4) is 0 Å². The largest absolute Gasteiger partial charge is 0.375 e. The van der Waals surface area contributed by atoms with Crippen LogP contribution in [0.1, 0.15) is 19.3 Å². The van der Waals surface area contributed by atoms with Crippen molar-refractivity contribution in [1.82, 2.24) is 19.9 Å². The summed E-state index contributed by atoms with van der Waals surface area (Å²) in [5.74, 6) is 0.770. The summed E-state index contributed by atoms with van der Waals surface area (Å²) in [7, 11) is 0. The van der Waals surface area contributed by atoms with Gasteiger partial charge in [-0.1, -0.05) is 0 Å². The Morgan fingerprint density at radius 2 is 1.89 bits per heavy atom. The summed E-state index contributed by atoms with van der Waals surface area (Å²) in [5, 5.41) is 0. The van der Waals surface area contributed by atoms with Crippen LogP contribution in [0.3, 0.4) is 0 Å². The van der Waals surface area contributed by atoms with Gasteiger partial charge in [-0.25, -0.2) is 15.0 Å². The first-order chi connectivity index (χ1) is 9.42. The second-order valence-electron chi connectivity index (χ2n) is 5.24. The zero-order valence-electron chi connectivity index (χ0n) is 11.2. The fourth-order valence-corrected chi connectivity index (χ4v) is 2.84. The lowest BCUT2D eigenvalue weighted by Crippen LogP contribution is -2.40. The first kappa shape index (κ1) is 12.7. The SMILES string of the molecule is c1ncnc(N2CCCOC(CN3CCCC3)C2)n1. The Balaban J connectivity index is 1.62. The van der Waals surface area contributed by atoms with Crippen molar-refractivity contribution in [2.45, 2.75) is 25.4 Å². The topological polar surface area (TPSA) is 54.4 Å². The Kier molecular flexibility index (Phi) is 4.20. The van der Waals surface area contributed by atoms with Crippen molar-refractivity contribution in [3.05, 3.63) is 12.7 Å². The third-order valence-electron chi connectivity index (χ3n) is 3.77. The van der Waals surface area contributed by atoms with Gasteiger partial charge in [-0.2, -0.15) is 0 Å². The van der Waals surface area contributed by atoms with Crippen LogP contribution in [-0.2, 0) is 4.74 Å². The molecule has 0 amide bonds. The predicted octanol–water partition coefficient (Wildman–Crippen LogP) is 0.563. The van der Waals surface area contributed by atoms with Crippen molar-refractivity contribution in [3.63, 3.8) is 0 Å². The second kappa shape index (κ2) is 6.25. The Morgan fingerprint density at radius 3 is 2.68 bits per heavy atom. The summed E-state index contributed by atoms with van der Waals surface area (Å²) in [5.41, 5.74) is 0. The molecule has 104 valence electrons. The summed E-state index contributed by atoms with van der Waals surface area (Å²) in [6.45, 7) is 6.12. The van der Waals surface area contributed by atoms with Crippen LogP contribution in [0.5, 0.6) is 0 Å². The van der Waals surface area contributed by atoms with Crippen molar-refractivity contribution < 1.29 is 4.74 Å². The van der Waals surface area contributed by atoms with E-state index in [1.807, 2.05) is 0 Å². The molecule has 0 radical (unpaired) electrons. The molecule has 0 aromatic carbocycles. The van der Waals surface area contributed by atoms with Crippen molar-refractivity contribution in [2.24, 2.45) is 0 Å². The van der Waals surface area contributed by atoms with Gasteiger partial charge in [-0.3, -0.25) is 0 Å². The van der Waals surface area contributed by atoms with Gasteiger partial charge in [0.2, 0.25) is 5.95 Å². The molecule has 3 heterocycles. The van der Waals surface area contributed by atoms with E-state index in [1.54, 1.807) is 12.7 Å². The highest BCUT2D eigenvalue weighted by molar-refractivity contribution is 5.27. The molecule has 6 heteroatoms. The average molecular weight is 263 g/mol. The van der Waals surface area contributed by atoms with Gasteiger partial charge in [0.1, 0.15) is 12.7 Å².